The lowest BCUT2D eigenvalue weighted by atomic mass is 10.2. The van der Waals surface area contributed by atoms with Crippen molar-refractivity contribution in [1.82, 2.24) is 14.8 Å². The molecule has 0 aliphatic heterocycles. The predicted octanol–water partition coefficient (Wildman–Crippen LogP) is 4.40. The van der Waals surface area contributed by atoms with Crippen molar-refractivity contribution < 1.29 is 18.0 Å². The number of carbonyl (C=O) groups is 1. The van der Waals surface area contributed by atoms with Gasteiger partial charge in [-0.1, -0.05) is 11.6 Å². The van der Waals surface area contributed by atoms with Crippen LogP contribution in [0.1, 0.15) is 18.4 Å². The molecular formula is C20H16ClF3N4O2. The molecule has 0 radical (unpaired) electrons. The average molecular weight is 437 g/mol. The molecule has 6 nitrogen and oxygen atoms in total. The molecule has 2 aromatic heterocycles. The number of rotatable bonds is 6. The first-order valence-electron chi connectivity index (χ1n) is 8.89. The van der Waals surface area contributed by atoms with E-state index in [9.17, 15) is 22.8 Å². The Kier molecular flexibility index (Phi) is 6.51. The maximum atomic E-state index is 12.8. The van der Waals surface area contributed by atoms with E-state index < -0.39 is 17.6 Å². The van der Waals surface area contributed by atoms with Gasteiger partial charge in [0, 0.05) is 37.0 Å². The third-order valence-electron chi connectivity index (χ3n) is 4.18. The van der Waals surface area contributed by atoms with Crippen LogP contribution in [0.25, 0.3) is 11.3 Å². The minimum atomic E-state index is -4.54. The number of hydrogen-bond donors (Lipinski definition) is 1. The molecular weight excluding hydrogens is 421 g/mol. The number of aromatic nitrogens is 3. The molecule has 0 saturated heterocycles. The van der Waals surface area contributed by atoms with Gasteiger partial charge in [0.05, 0.1) is 22.0 Å². The van der Waals surface area contributed by atoms with Gasteiger partial charge >= 0.3 is 6.18 Å². The quantitative estimate of drug-likeness (QED) is 0.621. The van der Waals surface area contributed by atoms with E-state index in [0.717, 1.165) is 23.8 Å². The molecule has 0 aliphatic carbocycles. The lowest BCUT2D eigenvalue weighted by Crippen LogP contribution is -2.23. The van der Waals surface area contributed by atoms with Crippen molar-refractivity contribution in [2.75, 3.05) is 5.32 Å². The third-order valence-corrected chi connectivity index (χ3v) is 4.51. The zero-order chi connectivity index (χ0) is 21.7. The van der Waals surface area contributed by atoms with Gasteiger partial charge in [0.25, 0.3) is 5.56 Å². The fraction of sp³-hybridized carbons (Fsp3) is 0.200. The Bertz CT molecular complexity index is 1100. The Labute approximate surface area is 174 Å². The molecule has 0 fully saturated rings. The van der Waals surface area contributed by atoms with Crippen LogP contribution in [-0.2, 0) is 17.5 Å². The summed E-state index contributed by atoms with van der Waals surface area (Å²) in [7, 11) is 0. The summed E-state index contributed by atoms with van der Waals surface area (Å²) in [4.78, 5) is 28.1. The first-order valence-corrected chi connectivity index (χ1v) is 9.27. The van der Waals surface area contributed by atoms with E-state index in [1.54, 1.807) is 30.6 Å². The molecule has 0 aliphatic rings. The molecule has 156 valence electrons. The van der Waals surface area contributed by atoms with Gasteiger partial charge in [0.15, 0.2) is 0 Å². The van der Waals surface area contributed by atoms with Gasteiger partial charge in [0.2, 0.25) is 5.91 Å². The van der Waals surface area contributed by atoms with Crippen molar-refractivity contribution in [1.29, 1.82) is 0 Å². The summed E-state index contributed by atoms with van der Waals surface area (Å²) in [6, 6.07) is 9.18. The Balaban J connectivity index is 1.62. The van der Waals surface area contributed by atoms with Crippen LogP contribution in [-0.4, -0.2) is 20.7 Å². The van der Waals surface area contributed by atoms with E-state index in [1.807, 2.05) is 0 Å². The lowest BCUT2D eigenvalue weighted by molar-refractivity contribution is -0.137. The Morgan fingerprint density at radius 3 is 2.53 bits per heavy atom. The van der Waals surface area contributed by atoms with Crippen molar-refractivity contribution in [3.05, 3.63) is 75.8 Å². The van der Waals surface area contributed by atoms with Crippen molar-refractivity contribution in [3.8, 4) is 11.3 Å². The molecule has 3 aromatic rings. The minimum absolute atomic E-state index is 0.000659. The standard InChI is InChI=1S/C20H16ClF3N4O2/c21-15-4-3-14(20(22,23)24)12-17(15)26-18(29)2-1-11-28-19(30)6-5-16(27-28)13-7-9-25-10-8-13/h3-10,12H,1-2,11H2,(H,26,29). The number of pyridine rings is 1. The van der Waals surface area contributed by atoms with Crippen LogP contribution >= 0.6 is 11.6 Å². The second-order valence-electron chi connectivity index (χ2n) is 6.36. The summed E-state index contributed by atoms with van der Waals surface area (Å²) < 4.78 is 39.7. The van der Waals surface area contributed by atoms with Gasteiger partial charge in [-0.05, 0) is 42.8 Å². The van der Waals surface area contributed by atoms with Crippen molar-refractivity contribution in [2.24, 2.45) is 0 Å². The maximum Gasteiger partial charge on any atom is 0.416 e. The summed E-state index contributed by atoms with van der Waals surface area (Å²) in [5.74, 6) is -0.519. The summed E-state index contributed by atoms with van der Waals surface area (Å²) in [5.41, 5.74) is 0.0133. The maximum absolute atomic E-state index is 12.8. The number of benzene rings is 1. The molecule has 10 heteroatoms. The molecule has 0 unspecified atom stereocenters. The molecule has 1 amide bonds. The van der Waals surface area contributed by atoms with Gasteiger partial charge in [-0.25, -0.2) is 4.68 Å². The van der Waals surface area contributed by atoms with Crippen LogP contribution in [0.5, 0.6) is 0 Å². The highest BCUT2D eigenvalue weighted by Gasteiger charge is 2.31. The largest absolute Gasteiger partial charge is 0.416 e. The van der Waals surface area contributed by atoms with Crippen LogP contribution < -0.4 is 10.9 Å². The van der Waals surface area contributed by atoms with Gasteiger partial charge in [-0.15, -0.1) is 0 Å². The number of nitrogens with one attached hydrogen (secondary N) is 1. The number of carbonyl (C=O) groups excluding carboxylic acids is 1. The lowest BCUT2D eigenvalue weighted by Gasteiger charge is -2.12. The van der Waals surface area contributed by atoms with Crippen molar-refractivity contribution in [2.45, 2.75) is 25.6 Å². The summed E-state index contributed by atoms with van der Waals surface area (Å²) in [5, 5.41) is 6.65. The van der Waals surface area contributed by atoms with E-state index in [0.29, 0.717) is 5.69 Å². The van der Waals surface area contributed by atoms with Gasteiger partial charge in [-0.3, -0.25) is 14.6 Å². The van der Waals surface area contributed by atoms with Gasteiger partial charge < -0.3 is 5.32 Å². The highest BCUT2D eigenvalue weighted by Crippen LogP contribution is 2.33. The smallest absolute Gasteiger partial charge is 0.325 e. The van der Waals surface area contributed by atoms with Crippen LogP contribution in [0.3, 0.4) is 0 Å². The molecule has 1 aromatic carbocycles. The van der Waals surface area contributed by atoms with Crippen LogP contribution in [0.4, 0.5) is 18.9 Å². The van der Waals surface area contributed by atoms with Gasteiger partial charge in [0.1, 0.15) is 0 Å². The molecule has 2 heterocycles. The molecule has 0 atom stereocenters. The summed E-state index contributed by atoms with van der Waals surface area (Å²) >= 11 is 5.87. The van der Waals surface area contributed by atoms with Crippen LogP contribution in [0.2, 0.25) is 5.02 Å². The number of amides is 1. The van der Waals surface area contributed by atoms with Gasteiger partial charge in [-0.2, -0.15) is 18.3 Å². The predicted molar refractivity (Wildman–Crippen MR) is 106 cm³/mol. The highest BCUT2D eigenvalue weighted by molar-refractivity contribution is 6.33. The molecule has 3 rings (SSSR count). The van der Waals surface area contributed by atoms with Crippen molar-refractivity contribution in [3.63, 3.8) is 0 Å². The average Bonchev–Trinajstić information content (AvgIpc) is 2.71. The number of hydrogen-bond acceptors (Lipinski definition) is 4. The fourth-order valence-corrected chi connectivity index (χ4v) is 2.85. The molecule has 0 saturated carbocycles. The van der Waals surface area contributed by atoms with E-state index >= 15 is 0 Å². The zero-order valence-corrected chi connectivity index (χ0v) is 16.2. The molecule has 0 bridgehead atoms. The number of anilines is 1. The second-order valence-corrected chi connectivity index (χ2v) is 6.77. The third kappa shape index (κ3) is 5.44. The number of nitrogens with zero attached hydrogens (tertiary/aromatic N) is 3. The van der Waals surface area contributed by atoms with E-state index in [1.165, 1.54) is 10.7 Å². The second kappa shape index (κ2) is 9.08. The number of halogens is 4. The SMILES string of the molecule is O=C(CCCn1nc(-c2ccncc2)ccc1=O)Nc1cc(C(F)(F)F)ccc1Cl. The Morgan fingerprint density at radius 1 is 1.10 bits per heavy atom. The monoisotopic (exact) mass is 436 g/mol. The Hall–Kier alpha value is -3.20. The Morgan fingerprint density at radius 2 is 1.83 bits per heavy atom. The fourth-order valence-electron chi connectivity index (χ4n) is 2.69. The van der Waals surface area contributed by atoms with Crippen LogP contribution in [0.15, 0.2) is 59.7 Å². The van der Waals surface area contributed by atoms with Crippen molar-refractivity contribution >= 4 is 23.2 Å². The molecule has 30 heavy (non-hydrogen) atoms. The normalized spacial score (nSPS) is 11.3. The van der Waals surface area contributed by atoms with Crippen LogP contribution in [0, 0.1) is 0 Å². The number of alkyl halides is 3. The minimum Gasteiger partial charge on any atom is -0.325 e. The zero-order valence-electron chi connectivity index (χ0n) is 15.5. The highest BCUT2D eigenvalue weighted by atomic mass is 35.5. The topological polar surface area (TPSA) is 76.9 Å². The van der Waals surface area contributed by atoms with E-state index in [4.69, 9.17) is 11.6 Å². The van der Waals surface area contributed by atoms with E-state index in [-0.39, 0.29) is 35.7 Å². The summed E-state index contributed by atoms with van der Waals surface area (Å²) in [6.07, 6.45) is -1.10. The number of aryl methyl sites for hydroxylation is 1. The molecule has 1 N–H and O–H groups in total. The molecule has 0 spiro atoms. The van der Waals surface area contributed by atoms with E-state index in [2.05, 4.69) is 15.4 Å². The summed E-state index contributed by atoms with van der Waals surface area (Å²) in [6.45, 7) is 0.168. The first-order chi connectivity index (χ1) is 14.2. The first kappa shape index (κ1) is 21.5.